The highest BCUT2D eigenvalue weighted by Gasteiger charge is 2.60. The zero-order valence-electron chi connectivity index (χ0n) is 15.2. The molecule has 8 heteroatoms. The lowest BCUT2D eigenvalue weighted by molar-refractivity contribution is -0.159. The number of carbonyl (C=O) groups excluding carboxylic acids is 1. The summed E-state index contributed by atoms with van der Waals surface area (Å²) in [5.74, 6) is -0.593. The molecule has 0 spiro atoms. The van der Waals surface area contributed by atoms with Crippen molar-refractivity contribution in [3.05, 3.63) is 58.1 Å². The van der Waals surface area contributed by atoms with E-state index in [4.69, 9.17) is 44.9 Å². The van der Waals surface area contributed by atoms with E-state index in [-0.39, 0.29) is 12.6 Å². The Balaban J connectivity index is 1.93. The zero-order chi connectivity index (χ0) is 20.1. The highest BCUT2D eigenvalue weighted by molar-refractivity contribution is 7.80. The number of carbonyl (C=O) groups is 1. The lowest BCUT2D eigenvalue weighted by atomic mass is 9.79. The molecule has 0 aliphatic carbocycles. The molecule has 5 nitrogen and oxygen atoms in total. The number of hydrogen-bond donors (Lipinski definition) is 1. The molecule has 0 radical (unpaired) electrons. The van der Waals surface area contributed by atoms with Crippen molar-refractivity contribution >= 4 is 52.2 Å². The Morgan fingerprint density at radius 2 is 2.04 bits per heavy atom. The van der Waals surface area contributed by atoms with Gasteiger partial charge in [-0.25, -0.2) is 0 Å². The predicted molar refractivity (Wildman–Crippen MR) is 113 cm³/mol. The average Bonchev–Trinajstić information content (AvgIpc) is 2.63. The number of thiocarbonyl (C=S) groups is 1. The van der Waals surface area contributed by atoms with Gasteiger partial charge in [0.05, 0.1) is 17.7 Å². The van der Waals surface area contributed by atoms with Gasteiger partial charge in [-0.2, -0.15) is 0 Å². The lowest BCUT2D eigenvalue weighted by Gasteiger charge is -2.55. The lowest BCUT2D eigenvalue weighted by Crippen LogP contribution is -2.71. The molecule has 0 unspecified atom stereocenters. The summed E-state index contributed by atoms with van der Waals surface area (Å²) in [4.78, 5) is 14.8. The van der Waals surface area contributed by atoms with E-state index in [1.54, 1.807) is 24.0 Å². The molecule has 4 rings (SSSR count). The van der Waals surface area contributed by atoms with Gasteiger partial charge in [-0.15, -0.1) is 0 Å². The van der Waals surface area contributed by atoms with Gasteiger partial charge >= 0.3 is 5.97 Å². The second-order valence-corrected chi connectivity index (χ2v) is 8.02. The van der Waals surface area contributed by atoms with Crippen molar-refractivity contribution in [2.75, 3.05) is 11.5 Å². The van der Waals surface area contributed by atoms with Crippen LogP contribution in [0.15, 0.2) is 42.5 Å². The molecule has 2 aromatic carbocycles. The molecule has 146 valence electrons. The van der Waals surface area contributed by atoms with E-state index < -0.39 is 17.7 Å². The van der Waals surface area contributed by atoms with Crippen molar-refractivity contribution in [1.82, 2.24) is 5.32 Å². The standard InChI is InChI=1S/C20H18Cl2N2O3S/c1-3-26-18(25)15-16-13-9-11(21)10-14(22)17(13)27-20(15,2)24(19(28)23-16)12-7-5-4-6-8-12/h4-10,15-16H,3H2,1-2H3,(H,23,28)/t15-,16+,20+/m1/s1. The fourth-order valence-electron chi connectivity index (χ4n) is 3.96. The highest BCUT2D eigenvalue weighted by Crippen LogP contribution is 2.52. The normalized spacial score (nSPS) is 25.4. The Morgan fingerprint density at radius 3 is 2.71 bits per heavy atom. The number of esters is 1. The van der Waals surface area contributed by atoms with Crippen LogP contribution in [0.5, 0.6) is 5.75 Å². The number of ether oxygens (including phenoxy) is 2. The Hall–Kier alpha value is -2.02. The minimum absolute atomic E-state index is 0.261. The summed E-state index contributed by atoms with van der Waals surface area (Å²) < 4.78 is 11.8. The van der Waals surface area contributed by atoms with E-state index in [9.17, 15) is 4.79 Å². The Kier molecular flexibility index (Phi) is 4.89. The first kappa shape index (κ1) is 19.3. The second kappa shape index (κ2) is 7.10. The number of halogens is 2. The molecule has 1 N–H and O–H groups in total. The summed E-state index contributed by atoms with van der Waals surface area (Å²) in [5.41, 5.74) is 0.345. The summed E-state index contributed by atoms with van der Waals surface area (Å²) in [6, 6.07) is 12.4. The van der Waals surface area contributed by atoms with E-state index >= 15 is 0 Å². The third-order valence-corrected chi connectivity index (χ3v) is 5.87. The van der Waals surface area contributed by atoms with Crippen molar-refractivity contribution in [3.63, 3.8) is 0 Å². The third-order valence-electron chi connectivity index (χ3n) is 5.07. The van der Waals surface area contributed by atoms with Gasteiger partial charge in [0, 0.05) is 16.3 Å². The molecule has 0 amide bonds. The topological polar surface area (TPSA) is 50.8 Å². The van der Waals surface area contributed by atoms with Crippen LogP contribution in [0.3, 0.4) is 0 Å². The number of anilines is 1. The van der Waals surface area contributed by atoms with Crippen LogP contribution in [0.2, 0.25) is 10.0 Å². The van der Waals surface area contributed by atoms with Crippen LogP contribution in [-0.4, -0.2) is 23.4 Å². The first-order chi connectivity index (χ1) is 13.4. The Labute approximate surface area is 178 Å². The maximum absolute atomic E-state index is 13.0. The van der Waals surface area contributed by atoms with Crippen molar-refractivity contribution in [1.29, 1.82) is 0 Å². The largest absolute Gasteiger partial charge is 0.466 e. The van der Waals surface area contributed by atoms with Gasteiger partial charge in [-0.1, -0.05) is 41.4 Å². The molecule has 2 aliphatic rings. The van der Waals surface area contributed by atoms with Crippen LogP contribution in [0, 0.1) is 5.92 Å². The molecule has 2 aliphatic heterocycles. The minimum atomic E-state index is -1.13. The number of fused-ring (bicyclic) bond motifs is 4. The number of para-hydroxylation sites is 1. The number of hydrogen-bond acceptors (Lipinski definition) is 4. The van der Waals surface area contributed by atoms with Gasteiger partial charge < -0.3 is 14.8 Å². The summed E-state index contributed by atoms with van der Waals surface area (Å²) in [7, 11) is 0. The predicted octanol–water partition coefficient (Wildman–Crippen LogP) is 4.72. The van der Waals surface area contributed by atoms with E-state index in [1.807, 2.05) is 37.3 Å². The van der Waals surface area contributed by atoms with Crippen molar-refractivity contribution < 1.29 is 14.3 Å². The molecular weight excluding hydrogens is 419 g/mol. The first-order valence-electron chi connectivity index (χ1n) is 8.87. The van der Waals surface area contributed by atoms with Gasteiger partial charge in [0.2, 0.25) is 5.72 Å². The van der Waals surface area contributed by atoms with Gasteiger partial charge in [0.25, 0.3) is 0 Å². The number of nitrogens with zero attached hydrogens (tertiary/aromatic N) is 1. The first-order valence-corrected chi connectivity index (χ1v) is 10.0. The van der Waals surface area contributed by atoms with Gasteiger partial charge in [-0.05, 0) is 50.3 Å². The summed E-state index contributed by atoms with van der Waals surface area (Å²) >= 11 is 18.3. The quantitative estimate of drug-likeness (QED) is 0.554. The maximum Gasteiger partial charge on any atom is 0.317 e. The van der Waals surface area contributed by atoms with E-state index in [0.717, 1.165) is 5.69 Å². The van der Waals surface area contributed by atoms with Crippen LogP contribution in [0.4, 0.5) is 5.69 Å². The molecule has 2 aromatic rings. The fraction of sp³-hybridized carbons (Fsp3) is 0.300. The zero-order valence-corrected chi connectivity index (χ0v) is 17.6. The van der Waals surface area contributed by atoms with Crippen molar-refractivity contribution in [2.24, 2.45) is 5.92 Å². The van der Waals surface area contributed by atoms with E-state index in [0.29, 0.717) is 26.5 Å². The monoisotopic (exact) mass is 436 g/mol. The molecule has 2 heterocycles. The van der Waals surface area contributed by atoms with Crippen LogP contribution >= 0.6 is 35.4 Å². The van der Waals surface area contributed by atoms with Gasteiger partial charge in [0.1, 0.15) is 11.7 Å². The van der Waals surface area contributed by atoms with Gasteiger partial charge in [-0.3, -0.25) is 9.69 Å². The molecule has 2 bridgehead atoms. The van der Waals surface area contributed by atoms with Gasteiger partial charge in [0.15, 0.2) is 5.11 Å². The molecule has 1 fully saturated rings. The maximum atomic E-state index is 13.0. The molecule has 3 atom stereocenters. The smallest absolute Gasteiger partial charge is 0.317 e. The van der Waals surface area contributed by atoms with E-state index in [2.05, 4.69) is 5.32 Å². The average molecular weight is 437 g/mol. The van der Waals surface area contributed by atoms with E-state index in [1.165, 1.54) is 0 Å². The number of nitrogens with one attached hydrogen (secondary N) is 1. The molecule has 28 heavy (non-hydrogen) atoms. The Bertz CT molecular complexity index is 956. The summed E-state index contributed by atoms with van der Waals surface area (Å²) in [6.07, 6.45) is 0. The fourth-order valence-corrected chi connectivity index (χ4v) is 4.92. The molecular formula is C20H18Cl2N2O3S. The van der Waals surface area contributed by atoms with Crippen LogP contribution in [0.1, 0.15) is 25.5 Å². The minimum Gasteiger partial charge on any atom is -0.466 e. The molecule has 0 saturated carbocycles. The molecule has 0 aromatic heterocycles. The second-order valence-electron chi connectivity index (χ2n) is 6.79. The van der Waals surface area contributed by atoms with Crippen molar-refractivity contribution in [2.45, 2.75) is 25.6 Å². The SMILES string of the molecule is CCOC(=O)[C@H]1[C@H]2NC(=S)N(c3ccccc3)[C@@]1(C)Oc1c(Cl)cc(Cl)cc12. The number of benzene rings is 2. The van der Waals surface area contributed by atoms with Crippen LogP contribution in [0.25, 0.3) is 0 Å². The number of rotatable bonds is 3. The third kappa shape index (κ3) is 2.91. The van der Waals surface area contributed by atoms with Crippen LogP contribution in [-0.2, 0) is 9.53 Å². The summed E-state index contributed by atoms with van der Waals surface area (Å²) in [5, 5.41) is 4.56. The Morgan fingerprint density at radius 1 is 1.32 bits per heavy atom. The summed E-state index contributed by atoms with van der Waals surface area (Å²) in [6.45, 7) is 3.86. The van der Waals surface area contributed by atoms with Crippen LogP contribution < -0.4 is 15.0 Å². The van der Waals surface area contributed by atoms with Crippen molar-refractivity contribution in [3.8, 4) is 5.75 Å². The highest BCUT2D eigenvalue weighted by atomic mass is 35.5. The molecule has 1 saturated heterocycles.